The first kappa shape index (κ1) is 15.8. The van der Waals surface area contributed by atoms with Gasteiger partial charge in [0.15, 0.2) is 0 Å². The molecule has 0 aliphatic heterocycles. The Kier molecular flexibility index (Phi) is 5.17. The number of carbonyl (C=O) groups excluding carboxylic acids is 1. The van der Waals surface area contributed by atoms with Crippen molar-refractivity contribution in [3.8, 4) is 0 Å². The lowest BCUT2D eigenvalue weighted by Gasteiger charge is -2.39. The van der Waals surface area contributed by atoms with Gasteiger partial charge >= 0.3 is 12.1 Å². The molecule has 1 aliphatic carbocycles. The summed E-state index contributed by atoms with van der Waals surface area (Å²) >= 11 is 0. The molecule has 1 aliphatic rings. The molecule has 0 saturated heterocycles. The first-order valence-corrected chi connectivity index (χ1v) is 6.45. The fourth-order valence-electron chi connectivity index (χ4n) is 2.11. The van der Waals surface area contributed by atoms with Crippen LogP contribution in [0.15, 0.2) is 0 Å². The minimum atomic E-state index is -0.929. The largest absolute Gasteiger partial charge is 0.481 e. The number of carboxylic acid groups (broad SMARTS) is 1. The predicted molar refractivity (Wildman–Crippen MR) is 68.9 cm³/mol. The molecule has 0 bridgehead atoms. The van der Waals surface area contributed by atoms with Crippen LogP contribution in [0.3, 0.4) is 0 Å². The van der Waals surface area contributed by atoms with E-state index in [4.69, 9.17) is 14.6 Å². The Bertz CT molecular complexity index is 330. The first-order valence-electron chi connectivity index (χ1n) is 6.45. The quantitative estimate of drug-likeness (QED) is 0.797. The lowest BCUT2D eigenvalue weighted by molar-refractivity contribution is -0.138. The Hall–Kier alpha value is -1.30. The first-order chi connectivity index (χ1) is 8.71. The summed E-state index contributed by atoms with van der Waals surface area (Å²) in [5, 5.41) is 11.6. The summed E-state index contributed by atoms with van der Waals surface area (Å²) in [6.07, 6.45) is 1.04. The molecule has 0 aromatic heterocycles. The number of rotatable bonds is 5. The number of amides is 1. The second-order valence-electron chi connectivity index (χ2n) is 5.94. The summed E-state index contributed by atoms with van der Waals surface area (Å²) in [5.74, 6) is -0.796. The summed E-state index contributed by atoms with van der Waals surface area (Å²) in [7, 11) is 1.63. The number of nitrogens with one attached hydrogen (secondary N) is 1. The van der Waals surface area contributed by atoms with E-state index in [9.17, 15) is 9.59 Å². The van der Waals surface area contributed by atoms with E-state index in [1.165, 1.54) is 0 Å². The van der Waals surface area contributed by atoms with Gasteiger partial charge in [0, 0.05) is 13.2 Å². The fraction of sp³-hybridized carbons (Fsp3) is 0.846. The number of aliphatic carboxylic acids is 1. The van der Waals surface area contributed by atoms with E-state index in [0.717, 1.165) is 12.8 Å². The van der Waals surface area contributed by atoms with Crippen LogP contribution >= 0.6 is 0 Å². The van der Waals surface area contributed by atoms with Gasteiger partial charge in [0.1, 0.15) is 5.60 Å². The monoisotopic (exact) mass is 273 g/mol. The number of carboxylic acids is 1. The van der Waals surface area contributed by atoms with E-state index < -0.39 is 23.7 Å². The van der Waals surface area contributed by atoms with E-state index in [1.807, 2.05) is 0 Å². The molecule has 1 amide bonds. The van der Waals surface area contributed by atoms with Gasteiger partial charge in [-0.3, -0.25) is 4.79 Å². The highest BCUT2D eigenvalue weighted by Gasteiger charge is 2.37. The van der Waals surface area contributed by atoms with Gasteiger partial charge in [-0.05, 0) is 39.5 Å². The van der Waals surface area contributed by atoms with Crippen LogP contribution in [0.1, 0.15) is 40.0 Å². The summed E-state index contributed by atoms with van der Waals surface area (Å²) in [5.41, 5.74) is -0.591. The molecular formula is C13H23NO5. The Balaban J connectivity index is 2.51. The number of hydrogen-bond acceptors (Lipinski definition) is 4. The zero-order chi connectivity index (χ0) is 14.6. The summed E-state index contributed by atoms with van der Waals surface area (Å²) < 4.78 is 10.3. The van der Waals surface area contributed by atoms with Crippen molar-refractivity contribution in [3.63, 3.8) is 0 Å². The molecular weight excluding hydrogens is 250 g/mol. The van der Waals surface area contributed by atoms with E-state index in [-0.39, 0.29) is 18.4 Å². The Morgan fingerprint density at radius 1 is 1.37 bits per heavy atom. The maximum Gasteiger partial charge on any atom is 0.407 e. The van der Waals surface area contributed by atoms with Crippen molar-refractivity contribution in [2.45, 2.75) is 57.8 Å². The highest BCUT2D eigenvalue weighted by Crippen LogP contribution is 2.33. The third-order valence-electron chi connectivity index (χ3n) is 3.13. The van der Waals surface area contributed by atoms with Gasteiger partial charge in [-0.25, -0.2) is 4.79 Å². The van der Waals surface area contributed by atoms with Crippen LogP contribution in [0.2, 0.25) is 0 Å². The van der Waals surface area contributed by atoms with Crippen LogP contribution in [0.25, 0.3) is 0 Å². The minimum absolute atomic E-state index is 0.0969. The lowest BCUT2D eigenvalue weighted by atomic mass is 9.76. The van der Waals surface area contributed by atoms with E-state index in [1.54, 1.807) is 27.9 Å². The molecule has 0 radical (unpaired) electrons. The second kappa shape index (κ2) is 6.23. The molecule has 1 rings (SSSR count). The van der Waals surface area contributed by atoms with Crippen molar-refractivity contribution in [3.05, 3.63) is 0 Å². The van der Waals surface area contributed by atoms with Crippen LogP contribution in [-0.2, 0) is 14.3 Å². The minimum Gasteiger partial charge on any atom is -0.481 e. The van der Waals surface area contributed by atoms with Gasteiger partial charge in [-0.15, -0.1) is 0 Å². The molecule has 0 spiro atoms. The topological polar surface area (TPSA) is 84.9 Å². The molecule has 19 heavy (non-hydrogen) atoms. The molecule has 1 atom stereocenters. The number of alkyl carbamates (subject to hydrolysis) is 1. The molecule has 110 valence electrons. The van der Waals surface area contributed by atoms with Gasteiger partial charge in [0.2, 0.25) is 0 Å². The Labute approximate surface area is 113 Å². The molecule has 1 fully saturated rings. The predicted octanol–water partition coefficient (Wildman–Crippen LogP) is 1.78. The average Bonchev–Trinajstić information content (AvgIpc) is 2.10. The van der Waals surface area contributed by atoms with Gasteiger partial charge in [0.25, 0.3) is 0 Å². The maximum atomic E-state index is 11.7. The molecule has 0 aromatic carbocycles. The van der Waals surface area contributed by atoms with Crippen LogP contribution < -0.4 is 5.32 Å². The van der Waals surface area contributed by atoms with Crippen LogP contribution in [0.4, 0.5) is 4.79 Å². The Morgan fingerprint density at radius 3 is 2.37 bits per heavy atom. The summed E-state index contributed by atoms with van der Waals surface area (Å²) in [6, 6.07) is -0.404. The van der Waals surface area contributed by atoms with Crippen LogP contribution in [0.5, 0.6) is 0 Å². The molecule has 0 unspecified atom stereocenters. The molecule has 6 nitrogen and oxygen atoms in total. The normalized spacial score (nSPS) is 24.2. The summed E-state index contributed by atoms with van der Waals surface area (Å²) in [4.78, 5) is 22.5. The van der Waals surface area contributed by atoms with Crippen molar-refractivity contribution < 1.29 is 24.2 Å². The molecule has 0 aromatic rings. The van der Waals surface area contributed by atoms with Gasteiger partial charge in [-0.2, -0.15) is 0 Å². The smallest absolute Gasteiger partial charge is 0.407 e. The maximum absolute atomic E-state index is 11.7. The number of methoxy groups -OCH3 is 1. The highest BCUT2D eigenvalue weighted by atomic mass is 16.6. The standard InChI is InChI=1S/C13H23NO5/c1-13(2,3)19-12(17)14-10(7-11(15)16)8-5-9(6-8)18-4/h8-10H,5-7H2,1-4H3,(H,14,17)(H,15,16)/t8?,9?,10-/m0/s1. The van der Waals surface area contributed by atoms with Gasteiger partial charge in [0.05, 0.1) is 12.5 Å². The number of hydrogen-bond donors (Lipinski definition) is 2. The third-order valence-corrected chi connectivity index (χ3v) is 3.13. The number of carbonyl (C=O) groups is 2. The SMILES string of the molecule is COC1CC([C@H](CC(=O)O)NC(=O)OC(C)(C)C)C1. The van der Waals surface area contributed by atoms with Crippen molar-refractivity contribution >= 4 is 12.1 Å². The van der Waals surface area contributed by atoms with Crippen molar-refractivity contribution in [1.82, 2.24) is 5.32 Å². The van der Waals surface area contributed by atoms with Crippen molar-refractivity contribution in [1.29, 1.82) is 0 Å². The number of ether oxygens (including phenoxy) is 2. The third kappa shape index (κ3) is 5.46. The Morgan fingerprint density at radius 2 is 1.95 bits per heavy atom. The molecule has 6 heteroatoms. The fourth-order valence-corrected chi connectivity index (χ4v) is 2.11. The zero-order valence-electron chi connectivity index (χ0n) is 11.9. The summed E-state index contributed by atoms with van der Waals surface area (Å²) in [6.45, 7) is 5.30. The zero-order valence-corrected chi connectivity index (χ0v) is 11.9. The highest BCUT2D eigenvalue weighted by molar-refractivity contribution is 5.71. The molecule has 2 N–H and O–H groups in total. The average molecular weight is 273 g/mol. The lowest BCUT2D eigenvalue weighted by Crippen LogP contribution is -2.49. The van der Waals surface area contributed by atoms with Gasteiger partial charge < -0.3 is 19.9 Å². The van der Waals surface area contributed by atoms with Crippen LogP contribution in [-0.4, -0.2) is 42.0 Å². The molecule has 0 heterocycles. The van der Waals surface area contributed by atoms with Crippen molar-refractivity contribution in [2.24, 2.45) is 5.92 Å². The van der Waals surface area contributed by atoms with Gasteiger partial charge in [-0.1, -0.05) is 0 Å². The molecule has 1 saturated carbocycles. The van der Waals surface area contributed by atoms with E-state index in [2.05, 4.69) is 5.32 Å². The van der Waals surface area contributed by atoms with Crippen LogP contribution in [0, 0.1) is 5.92 Å². The van der Waals surface area contributed by atoms with Crippen molar-refractivity contribution in [2.75, 3.05) is 7.11 Å². The van der Waals surface area contributed by atoms with E-state index in [0.29, 0.717) is 0 Å². The van der Waals surface area contributed by atoms with E-state index >= 15 is 0 Å². The second-order valence-corrected chi connectivity index (χ2v) is 5.94.